The first-order chi connectivity index (χ1) is 14.7. The van der Waals surface area contributed by atoms with Crippen molar-refractivity contribution in [2.75, 3.05) is 0 Å². The van der Waals surface area contributed by atoms with E-state index in [0.29, 0.717) is 5.82 Å². The molecule has 30 heavy (non-hydrogen) atoms. The SMILES string of the molecule is Clc1nc(Cl)nc(-c2ccccc2-c2ccccc2-c2cccc3ccccc23)n1. The van der Waals surface area contributed by atoms with Crippen LogP contribution in [0.5, 0.6) is 0 Å². The molecule has 144 valence electrons. The molecule has 0 radical (unpaired) electrons. The summed E-state index contributed by atoms with van der Waals surface area (Å²) in [7, 11) is 0. The van der Waals surface area contributed by atoms with Crippen LogP contribution in [0, 0.1) is 0 Å². The van der Waals surface area contributed by atoms with E-state index >= 15 is 0 Å². The number of fused-ring (bicyclic) bond motifs is 1. The minimum atomic E-state index is 0.0714. The van der Waals surface area contributed by atoms with Crippen LogP contribution >= 0.6 is 23.2 Å². The Kier molecular flexibility index (Phi) is 4.91. The second kappa shape index (κ2) is 7.86. The summed E-state index contributed by atoms with van der Waals surface area (Å²) in [4.78, 5) is 12.5. The van der Waals surface area contributed by atoms with Crippen LogP contribution in [0.2, 0.25) is 10.6 Å². The maximum atomic E-state index is 6.04. The predicted molar refractivity (Wildman–Crippen MR) is 124 cm³/mol. The van der Waals surface area contributed by atoms with E-state index in [-0.39, 0.29) is 10.6 Å². The zero-order chi connectivity index (χ0) is 20.5. The van der Waals surface area contributed by atoms with Crippen LogP contribution in [0.4, 0.5) is 0 Å². The van der Waals surface area contributed by atoms with Crippen molar-refractivity contribution in [1.29, 1.82) is 0 Å². The van der Waals surface area contributed by atoms with Crippen LogP contribution in [0.15, 0.2) is 91.0 Å². The van der Waals surface area contributed by atoms with Crippen molar-refractivity contribution in [2.24, 2.45) is 0 Å². The summed E-state index contributed by atoms with van der Waals surface area (Å²) in [6, 6.07) is 31.1. The third kappa shape index (κ3) is 3.43. The monoisotopic (exact) mass is 427 g/mol. The lowest BCUT2D eigenvalue weighted by Crippen LogP contribution is -1.96. The fraction of sp³-hybridized carbons (Fsp3) is 0. The second-order valence-electron chi connectivity index (χ2n) is 6.81. The van der Waals surface area contributed by atoms with Gasteiger partial charge in [-0.1, -0.05) is 91.0 Å². The van der Waals surface area contributed by atoms with Crippen molar-refractivity contribution in [2.45, 2.75) is 0 Å². The molecule has 0 atom stereocenters. The second-order valence-corrected chi connectivity index (χ2v) is 7.49. The standard InChI is InChI=1S/C25H15Cl2N3/c26-24-28-23(29-25(27)30-24)22-14-6-5-13-21(22)20-12-4-3-11-19(20)18-15-7-9-16-8-1-2-10-17(16)18/h1-15H. The van der Waals surface area contributed by atoms with Gasteiger partial charge in [-0.2, -0.15) is 15.0 Å². The minimum absolute atomic E-state index is 0.0714. The molecule has 5 rings (SSSR count). The minimum Gasteiger partial charge on any atom is -0.198 e. The van der Waals surface area contributed by atoms with E-state index in [9.17, 15) is 0 Å². The van der Waals surface area contributed by atoms with Gasteiger partial charge in [0.25, 0.3) is 0 Å². The lowest BCUT2D eigenvalue weighted by Gasteiger charge is -2.15. The summed E-state index contributed by atoms with van der Waals surface area (Å²) < 4.78 is 0. The van der Waals surface area contributed by atoms with Gasteiger partial charge in [0, 0.05) is 5.56 Å². The molecular formula is C25H15Cl2N3. The average Bonchev–Trinajstić information content (AvgIpc) is 2.78. The van der Waals surface area contributed by atoms with Crippen molar-refractivity contribution in [3.8, 4) is 33.6 Å². The zero-order valence-corrected chi connectivity index (χ0v) is 17.3. The lowest BCUT2D eigenvalue weighted by atomic mass is 9.89. The first-order valence-electron chi connectivity index (χ1n) is 9.45. The molecule has 0 saturated carbocycles. The zero-order valence-electron chi connectivity index (χ0n) is 15.8. The van der Waals surface area contributed by atoms with E-state index in [0.717, 1.165) is 22.3 Å². The Morgan fingerprint density at radius 3 is 1.60 bits per heavy atom. The Hall–Kier alpha value is -3.27. The van der Waals surface area contributed by atoms with Crippen molar-refractivity contribution >= 4 is 34.0 Å². The van der Waals surface area contributed by atoms with E-state index < -0.39 is 0 Å². The molecule has 4 aromatic carbocycles. The van der Waals surface area contributed by atoms with Gasteiger partial charge in [0.15, 0.2) is 5.82 Å². The van der Waals surface area contributed by atoms with Crippen LogP contribution in [0.1, 0.15) is 0 Å². The highest BCUT2D eigenvalue weighted by atomic mass is 35.5. The van der Waals surface area contributed by atoms with E-state index in [4.69, 9.17) is 23.2 Å². The molecule has 1 heterocycles. The molecule has 0 bridgehead atoms. The summed E-state index contributed by atoms with van der Waals surface area (Å²) >= 11 is 12.1. The molecule has 1 aromatic heterocycles. The molecule has 0 saturated heterocycles. The predicted octanol–water partition coefficient (Wildman–Crippen LogP) is 7.33. The van der Waals surface area contributed by atoms with Gasteiger partial charge in [-0.15, -0.1) is 0 Å². The molecule has 0 amide bonds. The maximum absolute atomic E-state index is 6.04. The number of rotatable bonds is 3. The molecular weight excluding hydrogens is 413 g/mol. The van der Waals surface area contributed by atoms with Gasteiger partial charge in [-0.3, -0.25) is 0 Å². The smallest absolute Gasteiger partial charge is 0.198 e. The van der Waals surface area contributed by atoms with Gasteiger partial charge in [0.2, 0.25) is 10.6 Å². The van der Waals surface area contributed by atoms with Crippen molar-refractivity contribution < 1.29 is 0 Å². The fourth-order valence-electron chi connectivity index (χ4n) is 3.77. The number of hydrogen-bond donors (Lipinski definition) is 0. The van der Waals surface area contributed by atoms with E-state index in [1.165, 1.54) is 16.3 Å². The highest BCUT2D eigenvalue weighted by molar-refractivity contribution is 6.31. The Balaban J connectivity index is 1.77. The van der Waals surface area contributed by atoms with E-state index in [1.54, 1.807) is 0 Å². The molecule has 0 N–H and O–H groups in total. The highest BCUT2D eigenvalue weighted by Crippen LogP contribution is 2.39. The van der Waals surface area contributed by atoms with Gasteiger partial charge in [0.1, 0.15) is 0 Å². The molecule has 3 nitrogen and oxygen atoms in total. The van der Waals surface area contributed by atoms with Crippen LogP contribution in [-0.2, 0) is 0 Å². The Morgan fingerprint density at radius 2 is 0.900 bits per heavy atom. The van der Waals surface area contributed by atoms with Crippen molar-refractivity contribution in [3.63, 3.8) is 0 Å². The largest absolute Gasteiger partial charge is 0.227 e. The van der Waals surface area contributed by atoms with Crippen LogP contribution < -0.4 is 0 Å². The first kappa shape index (κ1) is 18.7. The Morgan fingerprint density at radius 1 is 0.433 bits per heavy atom. The third-order valence-corrected chi connectivity index (χ3v) is 5.38. The number of hydrogen-bond acceptors (Lipinski definition) is 3. The number of nitrogens with zero attached hydrogens (tertiary/aromatic N) is 3. The topological polar surface area (TPSA) is 38.7 Å². The number of aromatic nitrogens is 3. The third-order valence-electron chi connectivity index (χ3n) is 5.05. The molecule has 0 fully saturated rings. The Bertz CT molecular complexity index is 1360. The van der Waals surface area contributed by atoms with Gasteiger partial charge in [0.05, 0.1) is 0 Å². The van der Waals surface area contributed by atoms with Crippen molar-refractivity contribution in [3.05, 3.63) is 102 Å². The molecule has 0 unspecified atom stereocenters. The summed E-state index contributed by atoms with van der Waals surface area (Å²) in [5, 5.41) is 2.55. The normalized spacial score (nSPS) is 11.0. The quantitative estimate of drug-likeness (QED) is 0.302. The summed E-state index contributed by atoms with van der Waals surface area (Å²) in [5.74, 6) is 0.448. The molecule has 0 spiro atoms. The molecule has 5 heteroatoms. The lowest BCUT2D eigenvalue weighted by molar-refractivity contribution is 1.06. The van der Waals surface area contributed by atoms with Gasteiger partial charge in [-0.05, 0) is 56.2 Å². The highest BCUT2D eigenvalue weighted by Gasteiger charge is 2.16. The number of halogens is 2. The van der Waals surface area contributed by atoms with Crippen LogP contribution in [0.25, 0.3) is 44.4 Å². The first-order valence-corrected chi connectivity index (χ1v) is 10.2. The molecule has 0 aliphatic rings. The molecule has 0 aliphatic carbocycles. The van der Waals surface area contributed by atoms with Gasteiger partial charge < -0.3 is 0 Å². The maximum Gasteiger partial charge on any atom is 0.227 e. The van der Waals surface area contributed by atoms with E-state index in [2.05, 4.69) is 81.7 Å². The summed E-state index contributed by atoms with van der Waals surface area (Å²) in [5.41, 5.74) is 5.23. The average molecular weight is 428 g/mol. The van der Waals surface area contributed by atoms with Crippen LogP contribution in [-0.4, -0.2) is 15.0 Å². The molecule has 5 aromatic rings. The van der Waals surface area contributed by atoms with Crippen molar-refractivity contribution in [1.82, 2.24) is 15.0 Å². The van der Waals surface area contributed by atoms with E-state index in [1.807, 2.05) is 24.3 Å². The number of benzene rings is 4. The van der Waals surface area contributed by atoms with Gasteiger partial charge in [-0.25, -0.2) is 0 Å². The van der Waals surface area contributed by atoms with Crippen LogP contribution in [0.3, 0.4) is 0 Å². The van der Waals surface area contributed by atoms with Gasteiger partial charge >= 0.3 is 0 Å². The summed E-state index contributed by atoms with van der Waals surface area (Å²) in [6.07, 6.45) is 0. The fourth-order valence-corrected chi connectivity index (χ4v) is 4.14. The summed E-state index contributed by atoms with van der Waals surface area (Å²) in [6.45, 7) is 0. The molecule has 0 aliphatic heterocycles. The Labute approximate surface area is 184 Å².